The summed E-state index contributed by atoms with van der Waals surface area (Å²) in [6.07, 6.45) is 0. The Kier molecular flexibility index (Phi) is 12.4. The summed E-state index contributed by atoms with van der Waals surface area (Å²) in [4.78, 5) is 0. The van der Waals surface area contributed by atoms with Crippen molar-refractivity contribution < 1.29 is 0 Å². The molecule has 0 N–H and O–H groups in total. The van der Waals surface area contributed by atoms with Crippen molar-refractivity contribution >= 4 is 89.8 Å². The smallest absolute Gasteiger partial charge is 0.247 e. The van der Waals surface area contributed by atoms with E-state index < -0.39 is 0 Å². The number of nitrogens with zero attached hydrogens (tertiary/aromatic N) is 2. The van der Waals surface area contributed by atoms with Gasteiger partial charge < -0.3 is 9.13 Å². The Balaban J connectivity index is 1.32. The molecule has 2 nitrogen and oxygen atoms in total. The van der Waals surface area contributed by atoms with Gasteiger partial charge >= 0.3 is 0 Å². The molecule has 10 aromatic rings. The normalized spacial score (nSPS) is 13.6. The molecule has 2 aromatic heterocycles. The first-order chi connectivity index (χ1) is 36.9. The molecule has 12 rings (SSSR count). The van der Waals surface area contributed by atoms with Crippen molar-refractivity contribution in [3.8, 4) is 22.5 Å². The van der Waals surface area contributed by atoms with Crippen LogP contribution in [0.15, 0.2) is 133 Å². The van der Waals surface area contributed by atoms with E-state index in [2.05, 4.69) is 267 Å². The van der Waals surface area contributed by atoms with Gasteiger partial charge in [-0.05, 0) is 166 Å². The summed E-state index contributed by atoms with van der Waals surface area (Å²) in [5.41, 5.74) is 30.4. The number of hydrogen-bond donors (Lipinski definition) is 0. The number of aromatic nitrogens is 2. The predicted molar refractivity (Wildman–Crippen MR) is 345 cm³/mol. The predicted octanol–water partition coefficient (Wildman–Crippen LogP) is 16.5. The van der Waals surface area contributed by atoms with Crippen LogP contribution < -0.4 is 32.8 Å². The fourth-order valence-corrected chi connectivity index (χ4v) is 14.1. The molecule has 78 heavy (non-hydrogen) atoms. The molecule has 0 spiro atoms. The van der Waals surface area contributed by atoms with Gasteiger partial charge in [0.25, 0.3) is 0 Å². The second-order valence-corrected chi connectivity index (χ2v) is 27.7. The third-order valence-electron chi connectivity index (χ3n) is 18.4. The molecular formula is C74H82B2N2. The zero-order valence-electron chi connectivity index (χ0n) is 50.2. The van der Waals surface area contributed by atoms with Gasteiger partial charge in [-0.1, -0.05) is 227 Å². The zero-order chi connectivity index (χ0) is 55.3. The highest BCUT2D eigenvalue weighted by molar-refractivity contribution is 7.00. The van der Waals surface area contributed by atoms with Gasteiger partial charge in [0.1, 0.15) is 0 Å². The first-order valence-electron chi connectivity index (χ1n) is 29.7. The van der Waals surface area contributed by atoms with E-state index in [-0.39, 0.29) is 24.3 Å². The first kappa shape index (κ1) is 52.2. The van der Waals surface area contributed by atoms with Crippen molar-refractivity contribution in [3.05, 3.63) is 178 Å². The van der Waals surface area contributed by atoms with E-state index in [0.29, 0.717) is 35.5 Å². The molecule has 4 heterocycles. The van der Waals surface area contributed by atoms with Gasteiger partial charge in [0.15, 0.2) is 0 Å². The Bertz CT molecular complexity index is 4000. The standard InChI is InChI=1S/C74H82B2N2/c1-41(2)48-31-54(43(5)6)69(55(32-48)44(7)8)75-61-26-22-25-53-58-37-51(73(13,14)15)27-29-65(58)77(71(53)61)67-40-63-68(39-62(67)75)78-66-30-28-52(74(16,17)18)38-59(66)60-35-50(47-23-20-19-21-24-47)36-64(72(60)78)76(63)70-56(45(9)10)33-49(42(3)4)34-57(70)46(11)12/h19-46H,1-18H3. The van der Waals surface area contributed by atoms with Gasteiger partial charge in [-0.15, -0.1) is 0 Å². The lowest BCUT2D eigenvalue weighted by Crippen LogP contribution is -2.61. The maximum Gasteiger partial charge on any atom is 0.247 e. The first-order valence-corrected chi connectivity index (χ1v) is 29.7. The second kappa shape index (κ2) is 18.5. The summed E-state index contributed by atoms with van der Waals surface area (Å²) < 4.78 is 5.44. The summed E-state index contributed by atoms with van der Waals surface area (Å²) in [6.45, 7) is 43.0. The van der Waals surface area contributed by atoms with Crippen LogP contribution in [0.5, 0.6) is 0 Å². The van der Waals surface area contributed by atoms with E-state index >= 15 is 0 Å². The second-order valence-electron chi connectivity index (χ2n) is 27.7. The Morgan fingerprint density at radius 1 is 0.333 bits per heavy atom. The minimum absolute atomic E-state index is 0.00150. The molecule has 0 saturated heterocycles. The quantitative estimate of drug-likeness (QED) is 0.128. The van der Waals surface area contributed by atoms with Crippen LogP contribution in [0.4, 0.5) is 0 Å². The fourth-order valence-electron chi connectivity index (χ4n) is 14.1. The van der Waals surface area contributed by atoms with Crippen LogP contribution in [-0.2, 0) is 10.8 Å². The minimum atomic E-state index is -0.0467. The van der Waals surface area contributed by atoms with Crippen molar-refractivity contribution in [3.63, 3.8) is 0 Å². The summed E-state index contributed by atoms with van der Waals surface area (Å²) in [6, 6.07) is 54.2. The third kappa shape index (κ3) is 8.03. The molecule has 0 bridgehead atoms. The van der Waals surface area contributed by atoms with Crippen molar-refractivity contribution in [2.24, 2.45) is 0 Å². The highest BCUT2D eigenvalue weighted by Crippen LogP contribution is 2.42. The molecule has 0 atom stereocenters. The van der Waals surface area contributed by atoms with Gasteiger partial charge in [0, 0.05) is 44.0 Å². The summed E-state index contributed by atoms with van der Waals surface area (Å²) in [7, 11) is 0. The van der Waals surface area contributed by atoms with E-state index in [1.807, 2.05) is 0 Å². The Morgan fingerprint density at radius 2 is 0.756 bits per heavy atom. The van der Waals surface area contributed by atoms with Crippen LogP contribution in [0, 0.1) is 0 Å². The van der Waals surface area contributed by atoms with E-state index in [9.17, 15) is 0 Å². The average Bonchev–Trinajstić information content (AvgIpc) is 2.85. The van der Waals surface area contributed by atoms with Gasteiger partial charge in [-0.25, -0.2) is 0 Å². The lowest BCUT2D eigenvalue weighted by atomic mass is 9.31. The number of benzene rings is 8. The highest BCUT2D eigenvalue weighted by Gasteiger charge is 2.43. The van der Waals surface area contributed by atoms with Crippen LogP contribution in [0.3, 0.4) is 0 Å². The maximum absolute atomic E-state index is 2.73. The molecule has 0 radical (unpaired) electrons. The molecule has 0 aliphatic carbocycles. The van der Waals surface area contributed by atoms with E-state index in [0.717, 1.165) is 0 Å². The topological polar surface area (TPSA) is 9.86 Å². The summed E-state index contributed by atoms with van der Waals surface area (Å²) in [5.74, 6) is 2.12. The monoisotopic (exact) mass is 1020 g/mol. The van der Waals surface area contributed by atoms with Crippen molar-refractivity contribution in [1.82, 2.24) is 9.13 Å². The fraction of sp³-hybridized carbons (Fsp3) is 0.351. The van der Waals surface area contributed by atoms with Gasteiger partial charge in [0.05, 0.1) is 11.0 Å². The highest BCUT2D eigenvalue weighted by atomic mass is 15.0. The van der Waals surface area contributed by atoms with Gasteiger partial charge in [-0.3, -0.25) is 0 Å². The van der Waals surface area contributed by atoms with E-state index in [1.165, 1.54) is 143 Å². The van der Waals surface area contributed by atoms with Crippen molar-refractivity contribution in [2.45, 2.75) is 171 Å². The molecule has 8 aromatic carbocycles. The average molecular weight is 1020 g/mol. The Morgan fingerprint density at radius 3 is 1.18 bits per heavy atom. The van der Waals surface area contributed by atoms with Crippen LogP contribution in [0.1, 0.15) is 205 Å². The number of rotatable bonds is 9. The largest absolute Gasteiger partial charge is 0.310 e. The Hall–Kier alpha value is -6.51. The molecule has 394 valence electrons. The molecule has 2 aliphatic rings. The van der Waals surface area contributed by atoms with Crippen LogP contribution >= 0.6 is 0 Å². The van der Waals surface area contributed by atoms with Crippen molar-refractivity contribution in [2.75, 3.05) is 0 Å². The molecular weight excluding hydrogens is 938 g/mol. The molecule has 0 unspecified atom stereocenters. The Labute approximate surface area is 467 Å². The molecule has 4 heteroatoms. The lowest BCUT2D eigenvalue weighted by Gasteiger charge is -2.36. The number of para-hydroxylation sites is 1. The zero-order valence-corrected chi connectivity index (χ0v) is 50.2. The van der Waals surface area contributed by atoms with Crippen LogP contribution in [-0.4, -0.2) is 22.6 Å². The molecule has 0 saturated carbocycles. The SMILES string of the molecule is CC(C)c1cc(C(C)C)c(B2c3cc4c(cc3-n3c5ccc(C(C)(C)C)cc5c5cccc2c53)B(c2c(C(C)C)cc(C(C)C)cc2C(C)C)c2cc(-c3ccccc3)cc3c5cc(C(C)(C)C)ccc5n-4c23)c(C(C)C)c1. The van der Waals surface area contributed by atoms with Crippen molar-refractivity contribution in [1.29, 1.82) is 0 Å². The lowest BCUT2D eigenvalue weighted by molar-refractivity contribution is 0.591. The van der Waals surface area contributed by atoms with Crippen LogP contribution in [0.2, 0.25) is 0 Å². The van der Waals surface area contributed by atoms with E-state index in [1.54, 1.807) is 0 Å². The molecule has 2 aliphatic heterocycles. The van der Waals surface area contributed by atoms with Gasteiger partial charge in [-0.2, -0.15) is 0 Å². The minimum Gasteiger partial charge on any atom is -0.310 e. The number of fused-ring (bicyclic) bond motifs is 10. The molecule has 0 fully saturated rings. The third-order valence-corrected chi connectivity index (χ3v) is 18.4. The summed E-state index contributed by atoms with van der Waals surface area (Å²) >= 11 is 0. The summed E-state index contributed by atoms with van der Waals surface area (Å²) in [5, 5.41) is 5.34. The maximum atomic E-state index is 2.73. The van der Waals surface area contributed by atoms with E-state index in [4.69, 9.17) is 0 Å². The molecule has 0 amide bonds. The number of hydrogen-bond acceptors (Lipinski definition) is 0. The van der Waals surface area contributed by atoms with Gasteiger partial charge in [0.2, 0.25) is 13.4 Å². The van der Waals surface area contributed by atoms with Crippen LogP contribution in [0.25, 0.3) is 66.1 Å².